The van der Waals surface area contributed by atoms with Crippen molar-refractivity contribution in [2.45, 2.75) is 6.42 Å². The van der Waals surface area contributed by atoms with E-state index in [0.717, 1.165) is 0 Å². The SMILES string of the molecule is CNc1nc(NC)nc(NCCCO)n1. The third-order valence-corrected chi connectivity index (χ3v) is 1.70. The molecule has 0 radical (unpaired) electrons. The van der Waals surface area contributed by atoms with Crippen molar-refractivity contribution in [1.82, 2.24) is 15.0 Å². The molecule has 1 aromatic rings. The molecule has 15 heavy (non-hydrogen) atoms. The second-order valence-electron chi connectivity index (χ2n) is 2.81. The third-order valence-electron chi connectivity index (χ3n) is 1.70. The van der Waals surface area contributed by atoms with Crippen molar-refractivity contribution in [3.8, 4) is 0 Å². The van der Waals surface area contributed by atoms with Crippen LogP contribution in [0.5, 0.6) is 0 Å². The van der Waals surface area contributed by atoms with Crippen LogP contribution >= 0.6 is 0 Å². The maximum Gasteiger partial charge on any atom is 0.229 e. The number of aliphatic hydroxyl groups is 1. The van der Waals surface area contributed by atoms with Crippen LogP contribution in [-0.4, -0.2) is 47.3 Å². The average molecular weight is 212 g/mol. The molecule has 0 atom stereocenters. The highest BCUT2D eigenvalue weighted by atomic mass is 16.3. The molecule has 0 bridgehead atoms. The Morgan fingerprint density at radius 1 is 1.00 bits per heavy atom. The molecule has 0 aliphatic rings. The standard InChI is InChI=1S/C8H16N6O/c1-9-6-12-7(10-2)14-8(13-6)11-4-3-5-15/h15H,3-5H2,1-2H3,(H3,9,10,11,12,13,14). The molecule has 1 rings (SSSR count). The summed E-state index contributed by atoms with van der Waals surface area (Å²) in [6.07, 6.45) is 0.662. The van der Waals surface area contributed by atoms with Crippen LogP contribution in [0.4, 0.5) is 17.8 Å². The maximum absolute atomic E-state index is 8.63. The van der Waals surface area contributed by atoms with Crippen molar-refractivity contribution in [3.63, 3.8) is 0 Å². The summed E-state index contributed by atoms with van der Waals surface area (Å²) in [4.78, 5) is 12.3. The minimum absolute atomic E-state index is 0.149. The smallest absolute Gasteiger partial charge is 0.229 e. The average Bonchev–Trinajstić information content (AvgIpc) is 2.29. The lowest BCUT2D eigenvalue weighted by Crippen LogP contribution is -2.11. The van der Waals surface area contributed by atoms with Gasteiger partial charge in [0.25, 0.3) is 0 Å². The molecule has 0 fully saturated rings. The molecular weight excluding hydrogens is 196 g/mol. The Morgan fingerprint density at radius 3 is 2.00 bits per heavy atom. The highest BCUT2D eigenvalue weighted by Crippen LogP contribution is 2.07. The van der Waals surface area contributed by atoms with Gasteiger partial charge in [-0.1, -0.05) is 0 Å². The first kappa shape index (κ1) is 11.4. The lowest BCUT2D eigenvalue weighted by molar-refractivity contribution is 0.292. The minimum atomic E-state index is 0.149. The van der Waals surface area contributed by atoms with E-state index in [-0.39, 0.29) is 6.61 Å². The van der Waals surface area contributed by atoms with Gasteiger partial charge in [-0.05, 0) is 6.42 Å². The van der Waals surface area contributed by atoms with Gasteiger partial charge in [-0.3, -0.25) is 0 Å². The molecule has 0 aromatic carbocycles. The van der Waals surface area contributed by atoms with E-state index in [1.807, 2.05) is 0 Å². The highest BCUT2D eigenvalue weighted by molar-refractivity contribution is 5.41. The van der Waals surface area contributed by atoms with Crippen molar-refractivity contribution >= 4 is 17.8 Å². The van der Waals surface area contributed by atoms with Crippen LogP contribution in [0.15, 0.2) is 0 Å². The number of nitrogens with one attached hydrogen (secondary N) is 3. The second kappa shape index (κ2) is 5.97. The fourth-order valence-corrected chi connectivity index (χ4v) is 0.958. The quantitative estimate of drug-likeness (QED) is 0.483. The Kier molecular flexibility index (Phi) is 4.55. The molecule has 1 aromatic heterocycles. The first-order valence-electron chi connectivity index (χ1n) is 4.76. The van der Waals surface area contributed by atoms with E-state index in [1.54, 1.807) is 14.1 Å². The van der Waals surface area contributed by atoms with E-state index in [9.17, 15) is 0 Å². The van der Waals surface area contributed by atoms with Gasteiger partial charge in [-0.25, -0.2) is 0 Å². The summed E-state index contributed by atoms with van der Waals surface area (Å²) in [5, 5.41) is 17.3. The van der Waals surface area contributed by atoms with E-state index in [4.69, 9.17) is 5.11 Å². The molecule has 0 saturated heterocycles. The van der Waals surface area contributed by atoms with E-state index in [2.05, 4.69) is 30.9 Å². The summed E-state index contributed by atoms with van der Waals surface area (Å²) in [5.74, 6) is 1.49. The number of anilines is 3. The van der Waals surface area contributed by atoms with Crippen molar-refractivity contribution in [3.05, 3.63) is 0 Å². The van der Waals surface area contributed by atoms with Gasteiger partial charge in [0, 0.05) is 27.2 Å². The predicted octanol–water partition coefficient (Wildman–Crippen LogP) is -0.251. The lowest BCUT2D eigenvalue weighted by atomic mass is 10.4. The van der Waals surface area contributed by atoms with E-state index in [1.165, 1.54) is 0 Å². The largest absolute Gasteiger partial charge is 0.396 e. The van der Waals surface area contributed by atoms with E-state index < -0.39 is 0 Å². The molecular formula is C8H16N6O. The Labute approximate surface area is 88.4 Å². The summed E-state index contributed by atoms with van der Waals surface area (Å²) in [6.45, 7) is 0.780. The second-order valence-corrected chi connectivity index (χ2v) is 2.81. The summed E-state index contributed by atoms with van der Waals surface area (Å²) in [7, 11) is 3.48. The minimum Gasteiger partial charge on any atom is -0.396 e. The molecule has 7 nitrogen and oxygen atoms in total. The van der Waals surface area contributed by atoms with Crippen LogP contribution in [0, 0.1) is 0 Å². The molecule has 0 spiro atoms. The van der Waals surface area contributed by atoms with Gasteiger partial charge >= 0.3 is 0 Å². The Hall–Kier alpha value is -1.63. The fourth-order valence-electron chi connectivity index (χ4n) is 0.958. The van der Waals surface area contributed by atoms with Gasteiger partial charge in [0.15, 0.2) is 0 Å². The zero-order valence-corrected chi connectivity index (χ0v) is 8.91. The number of hydrogen-bond acceptors (Lipinski definition) is 7. The molecule has 0 aliphatic carbocycles. The number of hydrogen-bond donors (Lipinski definition) is 4. The number of nitrogens with zero attached hydrogens (tertiary/aromatic N) is 3. The summed E-state index contributed by atoms with van der Waals surface area (Å²) in [6, 6.07) is 0. The first-order valence-corrected chi connectivity index (χ1v) is 4.76. The molecule has 0 amide bonds. The zero-order chi connectivity index (χ0) is 11.1. The van der Waals surface area contributed by atoms with E-state index in [0.29, 0.717) is 30.8 Å². The molecule has 4 N–H and O–H groups in total. The topological polar surface area (TPSA) is 95.0 Å². The van der Waals surface area contributed by atoms with Crippen molar-refractivity contribution < 1.29 is 5.11 Å². The van der Waals surface area contributed by atoms with Crippen molar-refractivity contribution in [2.75, 3.05) is 43.2 Å². The normalized spacial score (nSPS) is 9.80. The van der Waals surface area contributed by atoms with E-state index >= 15 is 0 Å². The predicted molar refractivity (Wildman–Crippen MR) is 59.1 cm³/mol. The molecule has 0 unspecified atom stereocenters. The summed E-state index contributed by atoms with van der Waals surface area (Å²) < 4.78 is 0. The van der Waals surface area contributed by atoms with Crippen LogP contribution < -0.4 is 16.0 Å². The molecule has 0 saturated carbocycles. The lowest BCUT2D eigenvalue weighted by Gasteiger charge is -2.07. The van der Waals surface area contributed by atoms with Gasteiger partial charge in [-0.2, -0.15) is 15.0 Å². The first-order chi connectivity index (χ1) is 7.30. The monoisotopic (exact) mass is 212 g/mol. The number of aliphatic hydroxyl groups excluding tert-OH is 1. The van der Waals surface area contributed by atoms with Crippen molar-refractivity contribution in [2.24, 2.45) is 0 Å². The number of aromatic nitrogens is 3. The van der Waals surface area contributed by atoms with Gasteiger partial charge in [0.1, 0.15) is 0 Å². The maximum atomic E-state index is 8.63. The summed E-state index contributed by atoms with van der Waals surface area (Å²) >= 11 is 0. The van der Waals surface area contributed by atoms with Crippen LogP contribution in [0.25, 0.3) is 0 Å². The third kappa shape index (κ3) is 3.55. The van der Waals surface area contributed by atoms with Crippen LogP contribution in [-0.2, 0) is 0 Å². The van der Waals surface area contributed by atoms with Gasteiger partial charge in [0.05, 0.1) is 0 Å². The zero-order valence-electron chi connectivity index (χ0n) is 8.91. The molecule has 0 aliphatic heterocycles. The number of rotatable bonds is 6. The Bertz CT molecular complexity index is 283. The van der Waals surface area contributed by atoms with Gasteiger partial charge in [0.2, 0.25) is 17.8 Å². The van der Waals surface area contributed by atoms with Crippen molar-refractivity contribution in [1.29, 1.82) is 0 Å². The van der Waals surface area contributed by atoms with Gasteiger partial charge in [-0.15, -0.1) is 0 Å². The van der Waals surface area contributed by atoms with Gasteiger partial charge < -0.3 is 21.1 Å². The Balaban J connectivity index is 2.68. The molecule has 1 heterocycles. The highest BCUT2D eigenvalue weighted by Gasteiger charge is 2.02. The van der Waals surface area contributed by atoms with Crippen LogP contribution in [0.2, 0.25) is 0 Å². The Morgan fingerprint density at radius 2 is 1.53 bits per heavy atom. The van der Waals surface area contributed by atoms with Crippen LogP contribution in [0.3, 0.4) is 0 Å². The fraction of sp³-hybridized carbons (Fsp3) is 0.625. The molecule has 84 valence electrons. The molecule has 7 heteroatoms. The summed E-state index contributed by atoms with van der Waals surface area (Å²) in [5.41, 5.74) is 0. The van der Waals surface area contributed by atoms with Crippen LogP contribution in [0.1, 0.15) is 6.42 Å².